The number of hydrogen-bond acceptors (Lipinski definition) is 6. The van der Waals surface area contributed by atoms with Crippen LogP contribution in [-0.4, -0.2) is 36.1 Å². The largest absolute Gasteiger partial charge is 0.514 e. The first-order valence-electron chi connectivity index (χ1n) is 9.50. The van der Waals surface area contributed by atoms with Gasteiger partial charge in [0, 0.05) is 5.56 Å². The molecule has 1 rings (SSSR count). The van der Waals surface area contributed by atoms with E-state index in [2.05, 4.69) is 6.58 Å². The van der Waals surface area contributed by atoms with E-state index in [0.717, 1.165) is 0 Å². The van der Waals surface area contributed by atoms with E-state index in [1.807, 2.05) is 0 Å². The topological polar surface area (TPSA) is 71.1 Å². The van der Waals surface area contributed by atoms with E-state index in [9.17, 15) is 22.8 Å². The summed E-state index contributed by atoms with van der Waals surface area (Å²) in [7, 11) is 0. The number of esters is 1. The van der Waals surface area contributed by atoms with Crippen molar-refractivity contribution in [1.29, 1.82) is 0 Å². The van der Waals surface area contributed by atoms with Crippen molar-refractivity contribution in [2.24, 2.45) is 0 Å². The smallest absolute Gasteiger partial charge is 0.456 e. The van der Waals surface area contributed by atoms with Crippen molar-refractivity contribution >= 4 is 17.7 Å². The van der Waals surface area contributed by atoms with Crippen molar-refractivity contribution in [1.82, 2.24) is 0 Å². The van der Waals surface area contributed by atoms with E-state index >= 15 is 0 Å². The molecule has 0 spiro atoms. The summed E-state index contributed by atoms with van der Waals surface area (Å²) in [5.74, 6) is -1.11. The standard InChI is InChI=1S/C22H29F3O6/c1-13(2)15-10-9-14(11-28-12-22(23,24)25)16(18(26)30-20(3,4)5)17(15)29-19(27)31-21(6,7)8/h9-10H,1,11-12H2,2-8H3. The highest BCUT2D eigenvalue weighted by atomic mass is 19.4. The van der Waals surface area contributed by atoms with Gasteiger partial charge in [-0.15, -0.1) is 0 Å². The molecule has 0 atom stereocenters. The molecule has 0 fully saturated rings. The van der Waals surface area contributed by atoms with Gasteiger partial charge in [0.25, 0.3) is 0 Å². The molecule has 0 saturated carbocycles. The second-order valence-electron chi connectivity index (χ2n) is 8.93. The second kappa shape index (κ2) is 9.72. The molecular formula is C22H29F3O6. The molecule has 0 aliphatic rings. The lowest BCUT2D eigenvalue weighted by atomic mass is 9.98. The van der Waals surface area contributed by atoms with Crippen LogP contribution in [0.4, 0.5) is 18.0 Å². The molecule has 6 nitrogen and oxygen atoms in total. The molecule has 0 heterocycles. The third-order valence-corrected chi connectivity index (χ3v) is 3.40. The fraction of sp³-hybridized carbons (Fsp3) is 0.545. The lowest BCUT2D eigenvalue weighted by Gasteiger charge is -2.24. The van der Waals surface area contributed by atoms with Crippen molar-refractivity contribution in [2.45, 2.75) is 72.5 Å². The van der Waals surface area contributed by atoms with Gasteiger partial charge in [0.05, 0.1) is 6.61 Å². The number of allylic oxidation sites excluding steroid dienone is 1. The highest BCUT2D eigenvalue weighted by Crippen LogP contribution is 2.34. The molecule has 1 aromatic carbocycles. The molecule has 1 aromatic rings. The predicted molar refractivity (Wildman–Crippen MR) is 109 cm³/mol. The number of hydrogen-bond donors (Lipinski definition) is 0. The first kappa shape index (κ1) is 26.5. The molecular weight excluding hydrogens is 417 g/mol. The number of alkyl halides is 3. The summed E-state index contributed by atoms with van der Waals surface area (Å²) in [5.41, 5.74) is -1.22. The lowest BCUT2D eigenvalue weighted by Crippen LogP contribution is -2.28. The van der Waals surface area contributed by atoms with E-state index in [0.29, 0.717) is 11.1 Å². The van der Waals surface area contributed by atoms with Crippen LogP contribution in [0, 0.1) is 0 Å². The zero-order chi connectivity index (χ0) is 24.2. The Hall–Kier alpha value is -2.55. The van der Waals surface area contributed by atoms with Gasteiger partial charge in [-0.1, -0.05) is 18.7 Å². The fourth-order valence-electron chi connectivity index (χ4n) is 2.37. The van der Waals surface area contributed by atoms with Crippen LogP contribution in [0.15, 0.2) is 18.7 Å². The summed E-state index contributed by atoms with van der Waals surface area (Å²) in [6.45, 7) is 13.1. The van der Waals surface area contributed by atoms with E-state index in [-0.39, 0.29) is 16.9 Å². The zero-order valence-corrected chi connectivity index (χ0v) is 18.9. The summed E-state index contributed by atoms with van der Waals surface area (Å²) in [5, 5.41) is 0. The number of rotatable bonds is 6. The van der Waals surface area contributed by atoms with Gasteiger partial charge in [0.1, 0.15) is 23.4 Å². The van der Waals surface area contributed by atoms with Gasteiger partial charge in [-0.05, 0) is 59.6 Å². The number of halogens is 3. The minimum absolute atomic E-state index is 0.0575. The van der Waals surface area contributed by atoms with Crippen molar-refractivity contribution in [3.05, 3.63) is 35.4 Å². The van der Waals surface area contributed by atoms with Crippen LogP contribution in [0.5, 0.6) is 5.75 Å². The van der Waals surface area contributed by atoms with Crippen molar-refractivity contribution < 1.29 is 41.7 Å². The Morgan fingerprint density at radius 1 is 0.968 bits per heavy atom. The highest BCUT2D eigenvalue weighted by Gasteiger charge is 2.31. The van der Waals surface area contributed by atoms with E-state index < -0.39 is 42.7 Å². The number of carbonyl (C=O) groups is 2. The number of carbonyl (C=O) groups excluding carboxylic acids is 2. The predicted octanol–water partition coefficient (Wildman–Crippen LogP) is 6.07. The van der Waals surface area contributed by atoms with E-state index in [1.54, 1.807) is 48.5 Å². The molecule has 0 bridgehead atoms. The minimum atomic E-state index is -4.54. The molecule has 174 valence electrons. The average molecular weight is 446 g/mol. The molecule has 0 saturated heterocycles. The summed E-state index contributed by atoms with van der Waals surface area (Å²) in [6, 6.07) is 2.88. The van der Waals surface area contributed by atoms with Crippen LogP contribution in [0.2, 0.25) is 0 Å². The normalized spacial score (nSPS) is 12.3. The van der Waals surface area contributed by atoms with E-state index in [1.165, 1.54) is 12.1 Å². The van der Waals surface area contributed by atoms with Crippen LogP contribution in [-0.2, 0) is 20.8 Å². The van der Waals surface area contributed by atoms with E-state index in [4.69, 9.17) is 18.9 Å². The van der Waals surface area contributed by atoms with Gasteiger partial charge in [0.15, 0.2) is 5.75 Å². The van der Waals surface area contributed by atoms with Gasteiger partial charge in [-0.25, -0.2) is 9.59 Å². The molecule has 9 heteroatoms. The summed E-state index contributed by atoms with van der Waals surface area (Å²) < 4.78 is 58.1. The van der Waals surface area contributed by atoms with Gasteiger partial charge < -0.3 is 18.9 Å². The Labute approximate surface area is 180 Å². The maximum Gasteiger partial charge on any atom is 0.514 e. The van der Waals surface area contributed by atoms with Crippen molar-refractivity contribution in [3.8, 4) is 5.75 Å². The first-order chi connectivity index (χ1) is 13.9. The quantitative estimate of drug-likeness (QED) is 0.390. The Kier molecular flexibility index (Phi) is 8.30. The average Bonchev–Trinajstić information content (AvgIpc) is 2.49. The maximum atomic E-state index is 12.9. The highest BCUT2D eigenvalue weighted by molar-refractivity contribution is 5.97. The van der Waals surface area contributed by atoms with Gasteiger partial charge >= 0.3 is 18.3 Å². The number of benzene rings is 1. The molecule has 0 N–H and O–H groups in total. The first-order valence-corrected chi connectivity index (χ1v) is 9.50. The molecule has 0 aliphatic heterocycles. The van der Waals surface area contributed by atoms with Gasteiger partial charge in [0.2, 0.25) is 0 Å². The Morgan fingerprint density at radius 3 is 1.97 bits per heavy atom. The lowest BCUT2D eigenvalue weighted by molar-refractivity contribution is -0.176. The Morgan fingerprint density at radius 2 is 1.52 bits per heavy atom. The molecule has 0 amide bonds. The van der Waals surface area contributed by atoms with Crippen molar-refractivity contribution in [3.63, 3.8) is 0 Å². The summed E-state index contributed by atoms with van der Waals surface area (Å²) in [4.78, 5) is 25.3. The maximum absolute atomic E-state index is 12.9. The third kappa shape index (κ3) is 9.42. The fourth-order valence-corrected chi connectivity index (χ4v) is 2.37. The van der Waals surface area contributed by atoms with Crippen LogP contribution >= 0.6 is 0 Å². The van der Waals surface area contributed by atoms with Gasteiger partial charge in [-0.2, -0.15) is 13.2 Å². The molecule has 0 unspecified atom stereocenters. The SMILES string of the molecule is C=C(C)c1ccc(COCC(F)(F)F)c(C(=O)OC(C)(C)C)c1OC(=O)OC(C)(C)C. The monoisotopic (exact) mass is 446 g/mol. The van der Waals surface area contributed by atoms with Crippen LogP contribution in [0.25, 0.3) is 5.57 Å². The Bertz CT molecular complexity index is 829. The zero-order valence-electron chi connectivity index (χ0n) is 18.9. The van der Waals surface area contributed by atoms with Crippen LogP contribution in [0.3, 0.4) is 0 Å². The van der Waals surface area contributed by atoms with Crippen LogP contribution in [0.1, 0.15) is 70.0 Å². The molecule has 31 heavy (non-hydrogen) atoms. The van der Waals surface area contributed by atoms with Gasteiger partial charge in [-0.3, -0.25) is 0 Å². The summed E-state index contributed by atoms with van der Waals surface area (Å²) >= 11 is 0. The van der Waals surface area contributed by atoms with Crippen molar-refractivity contribution in [2.75, 3.05) is 6.61 Å². The molecule has 0 aromatic heterocycles. The Balaban J connectivity index is 3.51. The molecule has 0 aliphatic carbocycles. The second-order valence-corrected chi connectivity index (χ2v) is 8.93. The van der Waals surface area contributed by atoms with Crippen LogP contribution < -0.4 is 4.74 Å². The summed E-state index contributed by atoms with van der Waals surface area (Å²) in [6.07, 6.45) is -5.63. The minimum Gasteiger partial charge on any atom is -0.456 e. The third-order valence-electron chi connectivity index (χ3n) is 3.40. The number of ether oxygens (including phenoxy) is 4. The molecule has 0 radical (unpaired) electrons.